The lowest BCUT2D eigenvalue weighted by molar-refractivity contribution is -0.140. The van der Waals surface area contributed by atoms with E-state index in [2.05, 4.69) is 25.7 Å². The number of carbonyl (C=O) groups is 2. The highest BCUT2D eigenvalue weighted by Crippen LogP contribution is 2.41. The molecule has 204 valence electrons. The predicted molar refractivity (Wildman–Crippen MR) is 148 cm³/mol. The number of rotatable bonds is 12. The van der Waals surface area contributed by atoms with Gasteiger partial charge in [0.05, 0.1) is 18.2 Å². The Labute approximate surface area is 226 Å². The number of amides is 1. The van der Waals surface area contributed by atoms with Crippen LogP contribution in [0.15, 0.2) is 48.0 Å². The maximum Gasteiger partial charge on any atom is 0.295 e. The smallest absolute Gasteiger partial charge is 0.295 e. The van der Waals surface area contributed by atoms with Crippen LogP contribution in [0.2, 0.25) is 0 Å². The first-order valence-corrected chi connectivity index (χ1v) is 13.9. The standard InChI is InChI=1S/C31H40N2O5/c1-5-8-9-17-37-25-12-10-11-22(20-25)28-27(30(35)31(36)33(28)16-15-32(6-2)7-3)29(34)23-13-14-26-24(19-23)18-21(4)38-26/h10-14,19-21,28,34H,5-9,15-18H2,1-4H3/b29-27+/t21-,28+/m0/s1. The van der Waals surface area contributed by atoms with E-state index in [1.807, 2.05) is 43.3 Å². The van der Waals surface area contributed by atoms with Crippen LogP contribution in [0.5, 0.6) is 11.5 Å². The number of aliphatic hydroxyl groups is 1. The van der Waals surface area contributed by atoms with Gasteiger partial charge in [-0.15, -0.1) is 0 Å². The molecule has 0 unspecified atom stereocenters. The second kappa shape index (κ2) is 12.5. The molecule has 2 aliphatic rings. The van der Waals surface area contributed by atoms with E-state index in [1.165, 1.54) is 0 Å². The number of likely N-dealkylation sites (tertiary alicyclic amines) is 1. The molecule has 1 amide bonds. The quantitative estimate of drug-likeness (QED) is 0.176. The van der Waals surface area contributed by atoms with E-state index >= 15 is 0 Å². The Morgan fingerprint density at radius 3 is 2.63 bits per heavy atom. The summed E-state index contributed by atoms with van der Waals surface area (Å²) in [6, 6.07) is 12.3. The van der Waals surface area contributed by atoms with Crippen LogP contribution in [0.1, 0.15) is 69.7 Å². The van der Waals surface area contributed by atoms with Gasteiger partial charge in [-0.05, 0) is 67.9 Å². The molecule has 2 aromatic carbocycles. The van der Waals surface area contributed by atoms with Crippen molar-refractivity contribution in [3.63, 3.8) is 0 Å². The second-order valence-corrected chi connectivity index (χ2v) is 10.1. The maximum absolute atomic E-state index is 13.4. The van der Waals surface area contributed by atoms with E-state index < -0.39 is 17.7 Å². The van der Waals surface area contributed by atoms with Crippen molar-refractivity contribution < 1.29 is 24.2 Å². The average Bonchev–Trinajstić information content (AvgIpc) is 3.42. The first-order valence-electron chi connectivity index (χ1n) is 13.9. The van der Waals surface area contributed by atoms with Crippen LogP contribution >= 0.6 is 0 Å². The van der Waals surface area contributed by atoms with Crippen molar-refractivity contribution in [2.45, 2.75) is 65.5 Å². The van der Waals surface area contributed by atoms with Crippen molar-refractivity contribution in [2.24, 2.45) is 0 Å². The number of ether oxygens (including phenoxy) is 2. The molecule has 2 aromatic rings. The largest absolute Gasteiger partial charge is 0.507 e. The molecule has 4 rings (SSSR count). The number of hydrogen-bond acceptors (Lipinski definition) is 6. The molecular formula is C31H40N2O5. The molecule has 7 heteroatoms. The molecular weight excluding hydrogens is 480 g/mol. The van der Waals surface area contributed by atoms with Crippen LogP contribution in [-0.2, 0) is 16.0 Å². The summed E-state index contributed by atoms with van der Waals surface area (Å²) in [5.41, 5.74) is 2.36. The Morgan fingerprint density at radius 2 is 1.89 bits per heavy atom. The number of unbranched alkanes of at least 4 members (excludes halogenated alkanes) is 2. The van der Waals surface area contributed by atoms with Gasteiger partial charge in [-0.2, -0.15) is 0 Å². The van der Waals surface area contributed by atoms with Gasteiger partial charge in [0.2, 0.25) is 0 Å². The van der Waals surface area contributed by atoms with Gasteiger partial charge in [0, 0.05) is 25.1 Å². The summed E-state index contributed by atoms with van der Waals surface area (Å²) in [7, 11) is 0. The van der Waals surface area contributed by atoms with Gasteiger partial charge in [-0.25, -0.2) is 0 Å². The van der Waals surface area contributed by atoms with Crippen molar-refractivity contribution in [1.29, 1.82) is 0 Å². The van der Waals surface area contributed by atoms with E-state index in [-0.39, 0.29) is 17.4 Å². The van der Waals surface area contributed by atoms with Gasteiger partial charge >= 0.3 is 0 Å². The average molecular weight is 521 g/mol. The molecule has 0 aliphatic carbocycles. The van der Waals surface area contributed by atoms with Crippen LogP contribution in [0.25, 0.3) is 5.76 Å². The first-order chi connectivity index (χ1) is 18.4. The van der Waals surface area contributed by atoms with Crippen LogP contribution in [0.3, 0.4) is 0 Å². The van der Waals surface area contributed by atoms with Gasteiger partial charge in [-0.3, -0.25) is 9.59 Å². The van der Waals surface area contributed by atoms with Gasteiger partial charge in [0.15, 0.2) is 0 Å². The number of aliphatic hydroxyl groups excluding tert-OH is 1. The fourth-order valence-electron chi connectivity index (χ4n) is 5.29. The molecule has 0 bridgehead atoms. The van der Waals surface area contributed by atoms with Crippen molar-refractivity contribution in [3.8, 4) is 11.5 Å². The number of benzene rings is 2. The third-order valence-electron chi connectivity index (χ3n) is 7.45. The lowest BCUT2D eigenvalue weighted by Gasteiger charge is -2.28. The summed E-state index contributed by atoms with van der Waals surface area (Å²) >= 11 is 0. The Morgan fingerprint density at radius 1 is 1.11 bits per heavy atom. The Balaban J connectivity index is 1.73. The summed E-state index contributed by atoms with van der Waals surface area (Å²) < 4.78 is 11.8. The normalized spacial score (nSPS) is 20.2. The number of nitrogens with zero attached hydrogens (tertiary/aromatic N) is 2. The molecule has 2 aliphatic heterocycles. The summed E-state index contributed by atoms with van der Waals surface area (Å²) in [4.78, 5) is 30.6. The van der Waals surface area contributed by atoms with Crippen molar-refractivity contribution in [1.82, 2.24) is 9.80 Å². The molecule has 1 N–H and O–H groups in total. The van der Waals surface area contributed by atoms with Crippen molar-refractivity contribution in [3.05, 3.63) is 64.7 Å². The minimum atomic E-state index is -0.701. The van der Waals surface area contributed by atoms with Crippen LogP contribution < -0.4 is 9.47 Å². The molecule has 0 aromatic heterocycles. The minimum Gasteiger partial charge on any atom is -0.507 e. The molecule has 2 heterocycles. The highest BCUT2D eigenvalue weighted by atomic mass is 16.5. The highest BCUT2D eigenvalue weighted by molar-refractivity contribution is 6.46. The highest BCUT2D eigenvalue weighted by Gasteiger charge is 2.46. The molecule has 0 spiro atoms. The second-order valence-electron chi connectivity index (χ2n) is 10.1. The molecule has 2 atom stereocenters. The van der Waals surface area contributed by atoms with Crippen LogP contribution in [0.4, 0.5) is 0 Å². The Kier molecular flexibility index (Phi) is 9.10. The SMILES string of the molecule is CCCCCOc1cccc([C@@H]2/C(=C(\O)c3ccc4c(c3)C[C@H](C)O4)C(=O)C(=O)N2CCN(CC)CC)c1. The molecule has 1 fully saturated rings. The molecule has 0 radical (unpaired) electrons. The first kappa shape index (κ1) is 27.7. The topological polar surface area (TPSA) is 79.3 Å². The maximum atomic E-state index is 13.4. The lowest BCUT2D eigenvalue weighted by atomic mass is 9.94. The van der Waals surface area contributed by atoms with E-state index in [9.17, 15) is 14.7 Å². The third-order valence-corrected chi connectivity index (χ3v) is 7.45. The summed E-state index contributed by atoms with van der Waals surface area (Å²) in [5, 5.41) is 11.5. The molecule has 38 heavy (non-hydrogen) atoms. The zero-order valence-corrected chi connectivity index (χ0v) is 23.0. The number of carbonyl (C=O) groups excluding carboxylic acids is 2. The fourth-order valence-corrected chi connectivity index (χ4v) is 5.29. The van der Waals surface area contributed by atoms with Gasteiger partial charge in [0.25, 0.3) is 11.7 Å². The van der Waals surface area contributed by atoms with Crippen LogP contribution in [-0.4, -0.2) is 65.5 Å². The third kappa shape index (κ3) is 5.88. The lowest BCUT2D eigenvalue weighted by Crippen LogP contribution is -2.38. The molecule has 7 nitrogen and oxygen atoms in total. The zero-order valence-electron chi connectivity index (χ0n) is 23.0. The molecule has 0 saturated carbocycles. The number of likely N-dealkylation sites (N-methyl/N-ethyl adjacent to an activating group) is 1. The van der Waals surface area contributed by atoms with Crippen LogP contribution in [0, 0.1) is 0 Å². The van der Waals surface area contributed by atoms with E-state index in [4.69, 9.17) is 9.47 Å². The van der Waals surface area contributed by atoms with Crippen molar-refractivity contribution in [2.75, 3.05) is 32.8 Å². The number of Topliss-reactive ketones (excluding diaryl/α,β-unsaturated/α-hetero) is 1. The fraction of sp³-hybridized carbons (Fsp3) is 0.484. The van der Waals surface area contributed by atoms with Gasteiger partial charge < -0.3 is 24.4 Å². The van der Waals surface area contributed by atoms with Crippen molar-refractivity contribution >= 4 is 17.4 Å². The summed E-state index contributed by atoms with van der Waals surface area (Å²) in [6.45, 7) is 11.6. The monoisotopic (exact) mass is 520 g/mol. The molecule has 1 saturated heterocycles. The number of hydrogen-bond donors (Lipinski definition) is 1. The van der Waals surface area contributed by atoms with Gasteiger partial charge in [-0.1, -0.05) is 45.7 Å². The number of ketones is 1. The summed E-state index contributed by atoms with van der Waals surface area (Å²) in [5.74, 6) is 0.0765. The Hall–Kier alpha value is -3.32. The predicted octanol–water partition coefficient (Wildman–Crippen LogP) is 5.34. The minimum absolute atomic E-state index is 0.0631. The van der Waals surface area contributed by atoms with Gasteiger partial charge in [0.1, 0.15) is 23.4 Å². The van der Waals surface area contributed by atoms with E-state index in [0.29, 0.717) is 31.0 Å². The Bertz CT molecular complexity index is 1190. The zero-order chi connectivity index (χ0) is 27.2. The van der Waals surface area contributed by atoms with E-state index in [0.717, 1.165) is 55.6 Å². The summed E-state index contributed by atoms with van der Waals surface area (Å²) in [6.07, 6.45) is 3.96. The number of fused-ring (bicyclic) bond motifs is 1. The van der Waals surface area contributed by atoms with E-state index in [1.54, 1.807) is 11.0 Å².